The third-order valence-corrected chi connectivity index (χ3v) is 6.52. The van der Waals surface area contributed by atoms with E-state index in [2.05, 4.69) is 22.0 Å². The summed E-state index contributed by atoms with van der Waals surface area (Å²) in [5.74, 6) is -1.07. The summed E-state index contributed by atoms with van der Waals surface area (Å²) in [6.07, 6.45) is 1.85. The maximum atomic E-state index is 13.7. The van der Waals surface area contributed by atoms with E-state index in [4.69, 9.17) is 14.6 Å². The molecule has 4 rings (SSSR count). The quantitative estimate of drug-likeness (QED) is 0.283. The number of ether oxygens (including phenoxy) is 2. The molecule has 0 radical (unpaired) electrons. The minimum Gasteiger partial charge on any atom is -0.465 e. The lowest BCUT2D eigenvalue weighted by Gasteiger charge is -2.20. The van der Waals surface area contributed by atoms with E-state index in [1.54, 1.807) is 18.4 Å². The van der Waals surface area contributed by atoms with Crippen LogP contribution < -0.4 is 0 Å². The standard InChI is InChI=1S/C30H34N4O4/c1-19(2)28-26(23-14-10-11-15-34(23)32-28)27-24(29(35)37-6)20(3)31-21(4)25(27)30(36)38-17-16-33(5)18-22-12-8-7-9-13-22/h7-15,19H,16-18H2,1-6H3. The predicted molar refractivity (Wildman–Crippen MR) is 146 cm³/mol. The molecule has 0 bridgehead atoms. The molecule has 0 unspecified atom stereocenters. The summed E-state index contributed by atoms with van der Waals surface area (Å²) in [5, 5.41) is 4.79. The topological polar surface area (TPSA) is 86.0 Å². The Morgan fingerprint density at radius 1 is 0.947 bits per heavy atom. The second-order valence-corrected chi connectivity index (χ2v) is 9.70. The Kier molecular flexibility index (Phi) is 8.22. The molecule has 0 spiro atoms. The van der Waals surface area contributed by atoms with Crippen LogP contribution in [-0.4, -0.2) is 58.7 Å². The molecule has 38 heavy (non-hydrogen) atoms. The van der Waals surface area contributed by atoms with E-state index in [1.165, 1.54) is 12.7 Å². The highest BCUT2D eigenvalue weighted by Crippen LogP contribution is 2.39. The summed E-state index contributed by atoms with van der Waals surface area (Å²) in [7, 11) is 3.31. The maximum absolute atomic E-state index is 13.7. The molecule has 3 heterocycles. The zero-order valence-electron chi connectivity index (χ0n) is 22.8. The fourth-order valence-electron chi connectivity index (χ4n) is 4.72. The number of carbonyl (C=O) groups excluding carboxylic acids is 2. The molecule has 0 N–H and O–H groups in total. The summed E-state index contributed by atoms with van der Waals surface area (Å²) in [6, 6.07) is 15.8. The van der Waals surface area contributed by atoms with Crippen molar-refractivity contribution in [2.75, 3.05) is 27.3 Å². The smallest absolute Gasteiger partial charge is 0.340 e. The molecule has 0 aliphatic carbocycles. The van der Waals surface area contributed by atoms with Gasteiger partial charge in [0.05, 0.1) is 40.8 Å². The monoisotopic (exact) mass is 514 g/mol. The number of esters is 2. The van der Waals surface area contributed by atoms with Crippen molar-refractivity contribution < 1.29 is 19.1 Å². The van der Waals surface area contributed by atoms with E-state index in [-0.39, 0.29) is 23.7 Å². The maximum Gasteiger partial charge on any atom is 0.340 e. The van der Waals surface area contributed by atoms with Gasteiger partial charge in [0.25, 0.3) is 0 Å². The van der Waals surface area contributed by atoms with E-state index in [1.807, 2.05) is 63.5 Å². The van der Waals surface area contributed by atoms with Crippen molar-refractivity contribution in [3.05, 3.63) is 88.5 Å². The summed E-state index contributed by atoms with van der Waals surface area (Å²) in [5.41, 5.74) is 5.35. The van der Waals surface area contributed by atoms with Crippen LogP contribution in [0, 0.1) is 13.8 Å². The van der Waals surface area contributed by atoms with Gasteiger partial charge < -0.3 is 9.47 Å². The molecule has 0 amide bonds. The molecule has 1 aromatic carbocycles. The Morgan fingerprint density at radius 2 is 1.61 bits per heavy atom. The Balaban J connectivity index is 1.76. The fourth-order valence-corrected chi connectivity index (χ4v) is 4.72. The highest BCUT2D eigenvalue weighted by molar-refractivity contribution is 6.09. The number of methoxy groups -OCH3 is 1. The SMILES string of the molecule is COC(=O)c1c(C)nc(C)c(C(=O)OCCN(C)Cc2ccccc2)c1-c1c(C(C)C)nn2ccccc12. The van der Waals surface area contributed by atoms with Gasteiger partial charge in [-0.3, -0.25) is 9.88 Å². The van der Waals surface area contributed by atoms with Gasteiger partial charge >= 0.3 is 11.9 Å². The van der Waals surface area contributed by atoms with E-state index < -0.39 is 11.9 Å². The number of pyridine rings is 2. The van der Waals surface area contributed by atoms with Gasteiger partial charge in [-0.05, 0) is 44.5 Å². The number of fused-ring (bicyclic) bond motifs is 1. The van der Waals surface area contributed by atoms with Crippen LogP contribution in [0.3, 0.4) is 0 Å². The van der Waals surface area contributed by atoms with Crippen LogP contribution in [0.5, 0.6) is 0 Å². The lowest BCUT2D eigenvalue weighted by atomic mass is 9.89. The van der Waals surface area contributed by atoms with Crippen molar-refractivity contribution >= 4 is 17.5 Å². The number of aromatic nitrogens is 3. The first-order chi connectivity index (χ1) is 18.2. The average Bonchev–Trinajstić information content (AvgIpc) is 3.28. The zero-order chi connectivity index (χ0) is 27.4. The van der Waals surface area contributed by atoms with E-state index in [9.17, 15) is 9.59 Å². The second-order valence-electron chi connectivity index (χ2n) is 9.70. The molecule has 0 saturated carbocycles. The molecule has 0 saturated heterocycles. The zero-order valence-corrected chi connectivity index (χ0v) is 22.8. The fraction of sp³-hybridized carbons (Fsp3) is 0.333. The van der Waals surface area contributed by atoms with Crippen LogP contribution in [0.2, 0.25) is 0 Å². The molecule has 198 valence electrons. The first-order valence-corrected chi connectivity index (χ1v) is 12.7. The normalized spacial score (nSPS) is 11.4. The van der Waals surface area contributed by atoms with Crippen LogP contribution >= 0.6 is 0 Å². The van der Waals surface area contributed by atoms with Gasteiger partial charge in [-0.1, -0.05) is 50.2 Å². The molecule has 0 fully saturated rings. The molecular weight excluding hydrogens is 480 g/mol. The van der Waals surface area contributed by atoms with E-state index in [0.717, 1.165) is 17.8 Å². The molecule has 4 aromatic rings. The van der Waals surface area contributed by atoms with Crippen LogP contribution in [0.4, 0.5) is 0 Å². The highest BCUT2D eigenvalue weighted by atomic mass is 16.5. The third-order valence-electron chi connectivity index (χ3n) is 6.52. The van der Waals surface area contributed by atoms with Crippen molar-refractivity contribution in [3.8, 4) is 11.1 Å². The lowest BCUT2D eigenvalue weighted by molar-refractivity contribution is 0.0470. The number of nitrogens with zero attached hydrogens (tertiary/aromatic N) is 4. The Labute approximate surface area is 223 Å². The van der Waals surface area contributed by atoms with Crippen LogP contribution in [-0.2, 0) is 16.0 Å². The number of aryl methyl sites for hydroxylation is 2. The number of carbonyl (C=O) groups is 2. The molecule has 8 nitrogen and oxygen atoms in total. The van der Waals surface area contributed by atoms with Gasteiger partial charge in [-0.25, -0.2) is 14.1 Å². The van der Waals surface area contributed by atoms with Crippen molar-refractivity contribution in [1.82, 2.24) is 19.5 Å². The molecule has 3 aromatic heterocycles. The van der Waals surface area contributed by atoms with Gasteiger partial charge in [0.1, 0.15) is 6.61 Å². The first kappa shape index (κ1) is 27.0. The summed E-state index contributed by atoms with van der Waals surface area (Å²) in [6.45, 7) is 9.05. The van der Waals surface area contributed by atoms with Crippen molar-refractivity contribution in [1.29, 1.82) is 0 Å². The second kappa shape index (κ2) is 11.6. The molecular formula is C30H34N4O4. The number of hydrogen-bond acceptors (Lipinski definition) is 7. The molecule has 0 aliphatic rings. The van der Waals surface area contributed by atoms with Gasteiger partial charge in [0.15, 0.2) is 0 Å². The van der Waals surface area contributed by atoms with E-state index >= 15 is 0 Å². The summed E-state index contributed by atoms with van der Waals surface area (Å²) in [4.78, 5) is 33.4. The number of rotatable bonds is 9. The Bertz CT molecular complexity index is 1460. The Hall–Kier alpha value is -4.04. The number of benzene rings is 1. The minimum absolute atomic E-state index is 0.0275. The highest BCUT2D eigenvalue weighted by Gasteiger charge is 2.31. The molecule has 0 atom stereocenters. The van der Waals surface area contributed by atoms with Crippen molar-refractivity contribution in [2.45, 2.75) is 40.2 Å². The third kappa shape index (κ3) is 5.45. The molecule has 0 aliphatic heterocycles. The molecule has 8 heteroatoms. The summed E-state index contributed by atoms with van der Waals surface area (Å²) < 4.78 is 12.7. The average molecular weight is 515 g/mol. The van der Waals surface area contributed by atoms with Gasteiger partial charge in [0, 0.05) is 30.4 Å². The first-order valence-electron chi connectivity index (χ1n) is 12.7. The van der Waals surface area contributed by atoms with Crippen molar-refractivity contribution in [2.24, 2.45) is 0 Å². The minimum atomic E-state index is -0.563. The Morgan fingerprint density at radius 3 is 2.26 bits per heavy atom. The van der Waals surface area contributed by atoms with E-state index in [0.29, 0.717) is 29.1 Å². The van der Waals surface area contributed by atoms with Crippen LogP contribution in [0.25, 0.3) is 16.6 Å². The predicted octanol–water partition coefficient (Wildman–Crippen LogP) is 5.21. The number of hydrogen-bond donors (Lipinski definition) is 0. The van der Waals surface area contributed by atoms with Crippen LogP contribution in [0.1, 0.15) is 63.1 Å². The van der Waals surface area contributed by atoms with Gasteiger partial charge in [-0.2, -0.15) is 5.10 Å². The summed E-state index contributed by atoms with van der Waals surface area (Å²) >= 11 is 0. The van der Waals surface area contributed by atoms with Crippen molar-refractivity contribution in [3.63, 3.8) is 0 Å². The van der Waals surface area contributed by atoms with Gasteiger partial charge in [-0.15, -0.1) is 0 Å². The number of likely N-dealkylation sites (N-methyl/N-ethyl adjacent to an activating group) is 1. The largest absolute Gasteiger partial charge is 0.465 e. The van der Waals surface area contributed by atoms with Crippen LogP contribution in [0.15, 0.2) is 54.7 Å². The lowest BCUT2D eigenvalue weighted by Crippen LogP contribution is -2.25. The van der Waals surface area contributed by atoms with Gasteiger partial charge in [0.2, 0.25) is 0 Å².